The summed E-state index contributed by atoms with van der Waals surface area (Å²) in [6.07, 6.45) is 2.61. The minimum absolute atomic E-state index is 0.0509. The van der Waals surface area contributed by atoms with Crippen LogP contribution in [0.15, 0.2) is 24.3 Å². The summed E-state index contributed by atoms with van der Waals surface area (Å²) >= 11 is 6.23. The maximum atomic E-state index is 12.2. The average molecular weight is 294 g/mol. The number of rotatable bonds is 3. The number of hydrogen-bond acceptors (Lipinski definition) is 2. The molecule has 1 aliphatic carbocycles. The highest BCUT2D eigenvalue weighted by atomic mass is 35.5. The van der Waals surface area contributed by atoms with Crippen LogP contribution in [-0.4, -0.2) is 27.9 Å². The number of nitrogens with zero attached hydrogens (tertiary/aromatic N) is 1. The molecule has 2 aliphatic rings. The molecule has 1 saturated heterocycles. The number of amides is 1. The number of likely N-dealkylation sites (tertiary alicyclic amines) is 1. The molecule has 0 spiro atoms. The summed E-state index contributed by atoms with van der Waals surface area (Å²) in [6.45, 7) is 0. The standard InChI is InChI=1S/C15H16ClNO3/c16-12-4-2-1-3-10(12)14-11(15(19)20)7-8-13(18)17(14)9-5-6-9/h1-4,9,11,14H,5-8H2,(H,19,20). The maximum absolute atomic E-state index is 12.2. The first-order chi connectivity index (χ1) is 9.59. The summed E-state index contributed by atoms with van der Waals surface area (Å²) in [5, 5.41) is 10.0. The van der Waals surface area contributed by atoms with E-state index in [0.29, 0.717) is 17.9 Å². The van der Waals surface area contributed by atoms with Crippen LogP contribution < -0.4 is 0 Å². The second-order valence-electron chi connectivity index (χ2n) is 5.48. The smallest absolute Gasteiger partial charge is 0.308 e. The molecule has 2 fully saturated rings. The van der Waals surface area contributed by atoms with Gasteiger partial charge in [-0.2, -0.15) is 0 Å². The number of carbonyl (C=O) groups excluding carboxylic acids is 1. The first-order valence-corrected chi connectivity index (χ1v) is 7.26. The van der Waals surface area contributed by atoms with E-state index in [2.05, 4.69) is 0 Å². The Bertz CT molecular complexity index is 556. The van der Waals surface area contributed by atoms with Crippen LogP contribution in [0.2, 0.25) is 5.02 Å². The van der Waals surface area contributed by atoms with Crippen molar-refractivity contribution in [3.05, 3.63) is 34.9 Å². The summed E-state index contributed by atoms with van der Waals surface area (Å²) in [4.78, 5) is 25.6. The molecule has 5 heteroatoms. The molecule has 2 atom stereocenters. The molecule has 0 bridgehead atoms. The molecule has 1 aromatic rings. The fourth-order valence-electron chi connectivity index (χ4n) is 3.04. The summed E-state index contributed by atoms with van der Waals surface area (Å²) in [7, 11) is 0. The van der Waals surface area contributed by atoms with E-state index >= 15 is 0 Å². The molecule has 1 heterocycles. The molecule has 1 aromatic carbocycles. The van der Waals surface area contributed by atoms with Gasteiger partial charge in [0.2, 0.25) is 5.91 Å². The van der Waals surface area contributed by atoms with Gasteiger partial charge < -0.3 is 10.0 Å². The second-order valence-corrected chi connectivity index (χ2v) is 5.89. The molecule has 4 nitrogen and oxygen atoms in total. The SMILES string of the molecule is O=C(O)C1CCC(=O)N(C2CC2)C1c1ccccc1Cl. The third-order valence-electron chi connectivity index (χ3n) is 4.12. The highest BCUT2D eigenvalue weighted by molar-refractivity contribution is 6.31. The van der Waals surface area contributed by atoms with Gasteiger partial charge in [-0.1, -0.05) is 29.8 Å². The average Bonchev–Trinajstić information content (AvgIpc) is 3.23. The third kappa shape index (κ3) is 2.29. The molecule has 1 N–H and O–H groups in total. The van der Waals surface area contributed by atoms with Crippen molar-refractivity contribution < 1.29 is 14.7 Å². The fourth-order valence-corrected chi connectivity index (χ4v) is 3.29. The summed E-state index contributed by atoms with van der Waals surface area (Å²) in [5.74, 6) is -1.38. The Morgan fingerprint density at radius 1 is 1.25 bits per heavy atom. The predicted molar refractivity (Wildman–Crippen MR) is 74.4 cm³/mol. The Morgan fingerprint density at radius 2 is 1.95 bits per heavy atom. The van der Waals surface area contributed by atoms with Crippen LogP contribution in [0.25, 0.3) is 0 Å². The van der Waals surface area contributed by atoms with Gasteiger partial charge in [0.25, 0.3) is 0 Å². The maximum Gasteiger partial charge on any atom is 0.308 e. The molecule has 0 radical (unpaired) electrons. The zero-order valence-electron chi connectivity index (χ0n) is 11.0. The second kappa shape index (κ2) is 5.09. The quantitative estimate of drug-likeness (QED) is 0.932. The van der Waals surface area contributed by atoms with Gasteiger partial charge in [-0.05, 0) is 30.9 Å². The van der Waals surface area contributed by atoms with Crippen LogP contribution in [-0.2, 0) is 9.59 Å². The van der Waals surface area contributed by atoms with Gasteiger partial charge in [0.15, 0.2) is 0 Å². The lowest BCUT2D eigenvalue weighted by Gasteiger charge is -2.40. The van der Waals surface area contributed by atoms with Crippen molar-refractivity contribution in [1.29, 1.82) is 0 Å². The molecular weight excluding hydrogens is 278 g/mol. The normalized spacial score (nSPS) is 26.6. The van der Waals surface area contributed by atoms with E-state index in [9.17, 15) is 14.7 Å². The Morgan fingerprint density at radius 3 is 2.55 bits per heavy atom. The Labute approximate surface area is 122 Å². The van der Waals surface area contributed by atoms with E-state index in [-0.39, 0.29) is 11.9 Å². The van der Waals surface area contributed by atoms with Crippen molar-refractivity contribution in [2.75, 3.05) is 0 Å². The van der Waals surface area contributed by atoms with Gasteiger partial charge in [0.1, 0.15) is 0 Å². The molecular formula is C15H16ClNO3. The number of benzene rings is 1. The van der Waals surface area contributed by atoms with Gasteiger partial charge in [-0.25, -0.2) is 0 Å². The van der Waals surface area contributed by atoms with E-state index in [4.69, 9.17) is 11.6 Å². The van der Waals surface area contributed by atoms with Gasteiger partial charge >= 0.3 is 5.97 Å². The molecule has 2 unspecified atom stereocenters. The molecule has 106 valence electrons. The molecule has 1 saturated carbocycles. The number of carboxylic acid groups (broad SMARTS) is 1. The third-order valence-corrected chi connectivity index (χ3v) is 4.46. The number of piperidine rings is 1. The van der Waals surface area contributed by atoms with E-state index in [1.807, 2.05) is 18.2 Å². The van der Waals surface area contributed by atoms with E-state index < -0.39 is 17.9 Å². The van der Waals surface area contributed by atoms with Crippen LogP contribution in [0.3, 0.4) is 0 Å². The number of carbonyl (C=O) groups is 2. The topological polar surface area (TPSA) is 57.6 Å². The summed E-state index contributed by atoms with van der Waals surface area (Å²) in [5.41, 5.74) is 0.751. The largest absolute Gasteiger partial charge is 0.481 e. The minimum atomic E-state index is -0.854. The van der Waals surface area contributed by atoms with Crippen LogP contribution in [0, 0.1) is 5.92 Å². The lowest BCUT2D eigenvalue weighted by molar-refractivity contribution is -0.152. The lowest BCUT2D eigenvalue weighted by atomic mass is 9.84. The zero-order chi connectivity index (χ0) is 14.3. The molecule has 0 aromatic heterocycles. The monoisotopic (exact) mass is 293 g/mol. The van der Waals surface area contributed by atoms with Crippen LogP contribution >= 0.6 is 11.6 Å². The van der Waals surface area contributed by atoms with Gasteiger partial charge in [-0.3, -0.25) is 9.59 Å². The van der Waals surface area contributed by atoms with Crippen molar-refractivity contribution >= 4 is 23.5 Å². The van der Waals surface area contributed by atoms with E-state index in [1.165, 1.54) is 0 Å². The van der Waals surface area contributed by atoms with Gasteiger partial charge in [0, 0.05) is 17.5 Å². The highest BCUT2D eigenvalue weighted by Gasteiger charge is 2.47. The van der Waals surface area contributed by atoms with Crippen LogP contribution in [0.1, 0.15) is 37.3 Å². The molecule has 1 aliphatic heterocycles. The first-order valence-electron chi connectivity index (χ1n) is 6.88. The van der Waals surface area contributed by atoms with Crippen molar-refractivity contribution in [2.45, 2.75) is 37.8 Å². The Hall–Kier alpha value is -1.55. The number of halogens is 1. The lowest BCUT2D eigenvalue weighted by Crippen LogP contribution is -2.46. The summed E-state index contributed by atoms with van der Waals surface area (Å²) in [6, 6.07) is 6.98. The fraction of sp³-hybridized carbons (Fsp3) is 0.467. The minimum Gasteiger partial charge on any atom is -0.481 e. The van der Waals surface area contributed by atoms with Crippen molar-refractivity contribution in [3.63, 3.8) is 0 Å². The number of carboxylic acids is 1. The van der Waals surface area contributed by atoms with Crippen LogP contribution in [0.5, 0.6) is 0 Å². The van der Waals surface area contributed by atoms with E-state index in [0.717, 1.165) is 18.4 Å². The summed E-state index contributed by atoms with van der Waals surface area (Å²) < 4.78 is 0. The Kier molecular flexibility index (Phi) is 3.42. The highest BCUT2D eigenvalue weighted by Crippen LogP contribution is 2.45. The van der Waals surface area contributed by atoms with Crippen molar-refractivity contribution in [3.8, 4) is 0 Å². The van der Waals surface area contributed by atoms with Gasteiger partial charge in [0.05, 0.1) is 12.0 Å². The van der Waals surface area contributed by atoms with Crippen LogP contribution in [0.4, 0.5) is 0 Å². The Balaban J connectivity index is 2.05. The predicted octanol–water partition coefficient (Wildman–Crippen LogP) is 2.87. The number of aliphatic carboxylic acids is 1. The number of hydrogen-bond donors (Lipinski definition) is 1. The van der Waals surface area contributed by atoms with Crippen molar-refractivity contribution in [2.24, 2.45) is 5.92 Å². The first kappa shape index (κ1) is 13.4. The molecule has 1 amide bonds. The van der Waals surface area contributed by atoms with E-state index in [1.54, 1.807) is 11.0 Å². The van der Waals surface area contributed by atoms with Gasteiger partial charge in [-0.15, -0.1) is 0 Å². The molecule has 20 heavy (non-hydrogen) atoms. The molecule has 3 rings (SSSR count). The zero-order valence-corrected chi connectivity index (χ0v) is 11.7. The van der Waals surface area contributed by atoms with Crippen molar-refractivity contribution in [1.82, 2.24) is 4.90 Å².